The molecule has 0 fully saturated rings. The van der Waals surface area contributed by atoms with Gasteiger partial charge in [0.05, 0.1) is 0 Å². The van der Waals surface area contributed by atoms with Crippen molar-refractivity contribution in [2.75, 3.05) is 13.3 Å². The van der Waals surface area contributed by atoms with Crippen LogP contribution in [0.2, 0.25) is 0 Å². The van der Waals surface area contributed by atoms with Crippen molar-refractivity contribution in [3.63, 3.8) is 0 Å². The molecular weight excluding hydrogens is 278 g/mol. The maximum absolute atomic E-state index is 2.52. The fraction of sp³-hybridized carbons (Fsp3) is 0.333. The molecule has 2 aromatic rings. The van der Waals surface area contributed by atoms with Crippen LogP contribution in [0, 0.1) is 0 Å². The summed E-state index contributed by atoms with van der Waals surface area (Å²) in [6, 6.07) is 18.4. The van der Waals surface area contributed by atoms with Crippen molar-refractivity contribution in [1.82, 2.24) is 0 Å². The molecule has 2 aliphatic rings. The highest BCUT2D eigenvalue weighted by molar-refractivity contribution is 7.61. The van der Waals surface area contributed by atoms with Crippen LogP contribution in [0.25, 0.3) is 0 Å². The Balaban J connectivity index is 1.82. The number of rotatable bonds is 1. The predicted octanol–water partition coefficient (Wildman–Crippen LogP) is 5.72. The van der Waals surface area contributed by atoms with Crippen molar-refractivity contribution in [3.05, 3.63) is 70.8 Å². The smallest absolute Gasteiger partial charge is 0.0153 e. The molecular formula is C18H20P2. The van der Waals surface area contributed by atoms with Crippen LogP contribution < -0.4 is 0 Å². The van der Waals surface area contributed by atoms with Crippen LogP contribution in [0.1, 0.15) is 33.6 Å². The molecule has 0 saturated heterocycles. The van der Waals surface area contributed by atoms with Gasteiger partial charge in [0, 0.05) is 11.3 Å². The first-order valence-electron chi connectivity index (χ1n) is 7.32. The second-order valence-electron chi connectivity index (χ2n) is 6.12. The highest BCUT2D eigenvalue weighted by Gasteiger charge is 2.41. The van der Waals surface area contributed by atoms with Crippen molar-refractivity contribution in [3.8, 4) is 0 Å². The van der Waals surface area contributed by atoms with E-state index in [1.54, 1.807) is 22.3 Å². The lowest BCUT2D eigenvalue weighted by Crippen LogP contribution is -2.03. The van der Waals surface area contributed by atoms with Gasteiger partial charge < -0.3 is 0 Å². The largest absolute Gasteiger partial charge is 0.0967 e. The third-order valence-electron chi connectivity index (χ3n) is 4.84. The van der Waals surface area contributed by atoms with E-state index in [0.717, 1.165) is 11.3 Å². The first kappa shape index (κ1) is 13.0. The first-order valence-corrected chi connectivity index (χ1v) is 11.4. The molecule has 2 heteroatoms. The normalized spacial score (nSPS) is 31.1. The predicted molar refractivity (Wildman–Crippen MR) is 91.5 cm³/mol. The topological polar surface area (TPSA) is 0 Å². The van der Waals surface area contributed by atoms with Crippen molar-refractivity contribution < 1.29 is 0 Å². The van der Waals surface area contributed by atoms with Crippen LogP contribution in [0.4, 0.5) is 0 Å². The van der Waals surface area contributed by atoms with E-state index in [1.165, 1.54) is 12.3 Å². The summed E-state index contributed by atoms with van der Waals surface area (Å²) in [5, 5.41) is 0. The van der Waals surface area contributed by atoms with E-state index in [1.807, 2.05) is 0 Å². The zero-order valence-electron chi connectivity index (χ0n) is 12.1. The molecule has 20 heavy (non-hydrogen) atoms. The SMILES string of the molecule is CP1Cc2ccccc2C1C1c2ccccc2CP1C. The number of hydrogen-bond donors (Lipinski definition) is 0. The van der Waals surface area contributed by atoms with E-state index >= 15 is 0 Å². The molecule has 2 aromatic carbocycles. The molecule has 0 amide bonds. The summed E-state index contributed by atoms with van der Waals surface area (Å²) in [5.41, 5.74) is 8.19. The monoisotopic (exact) mass is 298 g/mol. The second-order valence-corrected chi connectivity index (χ2v) is 10.9. The fourth-order valence-electron chi connectivity index (χ4n) is 3.96. The Morgan fingerprint density at radius 3 is 1.55 bits per heavy atom. The summed E-state index contributed by atoms with van der Waals surface area (Å²) >= 11 is 0. The van der Waals surface area contributed by atoms with Crippen LogP contribution in [-0.4, -0.2) is 13.3 Å². The molecule has 0 nitrogen and oxygen atoms in total. The standard InChI is InChI=1S/C18H20P2/c1-19-11-13-7-3-5-9-15(13)17(19)18-16-10-6-4-8-14(16)12-20(18)2/h3-10,17-18H,11-12H2,1-2H3. The van der Waals surface area contributed by atoms with Gasteiger partial charge >= 0.3 is 0 Å². The van der Waals surface area contributed by atoms with E-state index in [0.29, 0.717) is 0 Å². The third kappa shape index (κ3) is 1.89. The van der Waals surface area contributed by atoms with Crippen LogP contribution in [-0.2, 0) is 12.3 Å². The Morgan fingerprint density at radius 2 is 1.10 bits per heavy atom. The van der Waals surface area contributed by atoms with Crippen LogP contribution >= 0.6 is 15.8 Å². The lowest BCUT2D eigenvalue weighted by molar-refractivity contribution is 0.900. The zero-order valence-corrected chi connectivity index (χ0v) is 13.9. The summed E-state index contributed by atoms with van der Waals surface area (Å²) < 4.78 is 0. The van der Waals surface area contributed by atoms with Gasteiger partial charge in [0.1, 0.15) is 0 Å². The molecule has 0 aromatic heterocycles. The van der Waals surface area contributed by atoms with Gasteiger partial charge in [-0.1, -0.05) is 64.4 Å². The molecule has 4 atom stereocenters. The number of fused-ring (bicyclic) bond motifs is 2. The number of benzene rings is 2. The molecule has 2 aliphatic heterocycles. The van der Waals surface area contributed by atoms with E-state index in [4.69, 9.17) is 0 Å². The lowest BCUT2D eigenvalue weighted by Gasteiger charge is -2.29. The zero-order chi connectivity index (χ0) is 13.7. The quantitative estimate of drug-likeness (QED) is 0.591. The van der Waals surface area contributed by atoms with Gasteiger partial charge in [-0.25, -0.2) is 0 Å². The summed E-state index contributed by atoms with van der Waals surface area (Å²) in [5.74, 6) is 0. The van der Waals surface area contributed by atoms with Crippen molar-refractivity contribution in [2.24, 2.45) is 0 Å². The maximum Gasteiger partial charge on any atom is 0.0153 e. The van der Waals surface area contributed by atoms with Crippen LogP contribution in [0.15, 0.2) is 48.5 Å². The molecule has 2 heterocycles. The molecule has 0 aliphatic carbocycles. The summed E-state index contributed by atoms with van der Waals surface area (Å²) in [6.07, 6.45) is 2.66. The van der Waals surface area contributed by atoms with Gasteiger partial charge in [0.2, 0.25) is 0 Å². The third-order valence-corrected chi connectivity index (χ3v) is 9.80. The van der Waals surface area contributed by atoms with E-state index < -0.39 is 0 Å². The van der Waals surface area contributed by atoms with E-state index in [-0.39, 0.29) is 15.8 Å². The minimum Gasteiger partial charge on any atom is -0.0967 e. The second kappa shape index (κ2) is 4.94. The Kier molecular flexibility index (Phi) is 3.21. The minimum absolute atomic E-state index is 0.0988. The Labute approximate surface area is 124 Å². The summed E-state index contributed by atoms with van der Waals surface area (Å²) in [4.78, 5) is 0. The van der Waals surface area contributed by atoms with Gasteiger partial charge in [-0.2, -0.15) is 0 Å². The van der Waals surface area contributed by atoms with Crippen molar-refractivity contribution >= 4 is 15.8 Å². The molecule has 0 saturated carbocycles. The van der Waals surface area contributed by atoms with E-state index in [9.17, 15) is 0 Å². The average molecular weight is 298 g/mol. The molecule has 0 radical (unpaired) electrons. The number of hydrogen-bond acceptors (Lipinski definition) is 0. The van der Waals surface area contributed by atoms with E-state index in [2.05, 4.69) is 61.9 Å². The average Bonchev–Trinajstić information content (AvgIpc) is 2.94. The minimum atomic E-state index is 0.0988. The van der Waals surface area contributed by atoms with Gasteiger partial charge in [-0.3, -0.25) is 0 Å². The Hall–Kier alpha value is -0.700. The highest BCUT2D eigenvalue weighted by atomic mass is 31.1. The van der Waals surface area contributed by atoms with Crippen molar-refractivity contribution in [1.29, 1.82) is 0 Å². The Bertz CT molecular complexity index is 592. The first-order chi connectivity index (χ1) is 9.75. The molecule has 0 N–H and O–H groups in total. The molecule has 0 bridgehead atoms. The van der Waals surface area contributed by atoms with Crippen LogP contribution in [0.5, 0.6) is 0 Å². The Morgan fingerprint density at radius 1 is 0.700 bits per heavy atom. The summed E-state index contributed by atoms with van der Waals surface area (Å²) in [7, 11) is 0.198. The van der Waals surface area contributed by atoms with Gasteiger partial charge in [-0.05, 0) is 47.9 Å². The molecule has 4 unspecified atom stereocenters. The highest BCUT2D eigenvalue weighted by Crippen LogP contribution is 2.73. The van der Waals surface area contributed by atoms with Gasteiger partial charge in [0.15, 0.2) is 0 Å². The lowest BCUT2D eigenvalue weighted by atomic mass is 9.98. The maximum atomic E-state index is 2.52. The van der Waals surface area contributed by atoms with Gasteiger partial charge in [-0.15, -0.1) is 0 Å². The van der Waals surface area contributed by atoms with Crippen LogP contribution in [0.3, 0.4) is 0 Å². The molecule has 4 rings (SSSR count). The van der Waals surface area contributed by atoms with Crippen molar-refractivity contribution in [2.45, 2.75) is 23.6 Å². The molecule has 0 spiro atoms. The summed E-state index contributed by atoms with van der Waals surface area (Å²) in [6.45, 7) is 5.04. The fourth-order valence-corrected chi connectivity index (χ4v) is 10.1. The molecule has 102 valence electrons. The van der Waals surface area contributed by atoms with Gasteiger partial charge in [0.25, 0.3) is 0 Å².